The third-order valence-corrected chi connectivity index (χ3v) is 6.70. The van der Waals surface area contributed by atoms with Gasteiger partial charge in [-0.3, -0.25) is 4.79 Å². The Bertz CT molecular complexity index is 581. The first-order chi connectivity index (χ1) is 11.8. The molecule has 2 aliphatic heterocycles. The first-order valence-corrected chi connectivity index (χ1v) is 9.90. The third kappa shape index (κ3) is 3.11. The maximum absolute atomic E-state index is 12.1. The molecule has 0 unspecified atom stereocenters. The number of piperidine rings is 1. The largest absolute Gasteiger partial charge is 0.326 e. The molecule has 1 spiro atoms. The van der Waals surface area contributed by atoms with Crippen molar-refractivity contribution in [3.63, 3.8) is 0 Å². The third-order valence-electron chi connectivity index (χ3n) is 6.70. The van der Waals surface area contributed by atoms with Gasteiger partial charge in [0.15, 0.2) is 0 Å². The molecule has 3 aliphatic rings. The topological polar surface area (TPSA) is 32.3 Å². The minimum absolute atomic E-state index is 0.186. The SMILES string of the molecule is O=C1CCC2(CCN(C3CCCCCC3)CC2)c2ccccc2N1. The van der Waals surface area contributed by atoms with Crippen molar-refractivity contribution in [1.29, 1.82) is 0 Å². The fraction of sp³-hybridized carbons (Fsp3) is 0.667. The van der Waals surface area contributed by atoms with E-state index in [9.17, 15) is 4.79 Å². The number of hydrogen-bond donors (Lipinski definition) is 1. The molecule has 0 radical (unpaired) electrons. The molecule has 1 aromatic carbocycles. The Labute approximate surface area is 145 Å². The number of fused-ring (bicyclic) bond motifs is 2. The first-order valence-electron chi connectivity index (χ1n) is 9.90. The van der Waals surface area contributed by atoms with E-state index in [-0.39, 0.29) is 11.3 Å². The number of hydrogen-bond acceptors (Lipinski definition) is 2. The van der Waals surface area contributed by atoms with Crippen LogP contribution in [0.25, 0.3) is 0 Å². The predicted octanol–water partition coefficient (Wildman–Crippen LogP) is 4.48. The number of rotatable bonds is 1. The highest BCUT2D eigenvalue weighted by Crippen LogP contribution is 2.45. The van der Waals surface area contributed by atoms with Crippen LogP contribution in [-0.2, 0) is 10.2 Å². The van der Waals surface area contributed by atoms with Gasteiger partial charge >= 0.3 is 0 Å². The van der Waals surface area contributed by atoms with Crippen molar-refractivity contribution >= 4 is 11.6 Å². The minimum atomic E-state index is 0.186. The van der Waals surface area contributed by atoms with Gasteiger partial charge in [-0.15, -0.1) is 0 Å². The summed E-state index contributed by atoms with van der Waals surface area (Å²) in [5.41, 5.74) is 2.65. The summed E-state index contributed by atoms with van der Waals surface area (Å²) >= 11 is 0. The molecule has 0 bridgehead atoms. The number of para-hydroxylation sites is 1. The highest BCUT2D eigenvalue weighted by molar-refractivity contribution is 5.92. The molecule has 3 nitrogen and oxygen atoms in total. The van der Waals surface area contributed by atoms with Gasteiger partial charge in [0.25, 0.3) is 0 Å². The molecule has 2 heterocycles. The Morgan fingerprint density at radius 1 is 0.958 bits per heavy atom. The molecule has 24 heavy (non-hydrogen) atoms. The van der Waals surface area contributed by atoms with Gasteiger partial charge < -0.3 is 10.2 Å². The smallest absolute Gasteiger partial charge is 0.224 e. The van der Waals surface area contributed by atoms with Gasteiger partial charge in [-0.05, 0) is 56.8 Å². The molecular weight excluding hydrogens is 296 g/mol. The van der Waals surface area contributed by atoms with Crippen LogP contribution in [0.1, 0.15) is 69.8 Å². The number of likely N-dealkylation sites (tertiary alicyclic amines) is 1. The second-order valence-corrected chi connectivity index (χ2v) is 8.06. The Balaban J connectivity index is 1.52. The fourth-order valence-corrected chi connectivity index (χ4v) is 5.21. The molecule has 0 atom stereocenters. The van der Waals surface area contributed by atoms with E-state index in [2.05, 4.69) is 28.4 Å². The lowest BCUT2D eigenvalue weighted by molar-refractivity contribution is -0.116. The molecule has 3 heteroatoms. The van der Waals surface area contributed by atoms with E-state index in [0.29, 0.717) is 6.42 Å². The van der Waals surface area contributed by atoms with Crippen molar-refractivity contribution in [2.75, 3.05) is 18.4 Å². The maximum Gasteiger partial charge on any atom is 0.224 e. The highest BCUT2D eigenvalue weighted by Gasteiger charge is 2.40. The summed E-state index contributed by atoms with van der Waals surface area (Å²) < 4.78 is 0. The van der Waals surface area contributed by atoms with Crippen LogP contribution in [0.2, 0.25) is 0 Å². The van der Waals surface area contributed by atoms with E-state index in [1.54, 1.807) is 0 Å². The van der Waals surface area contributed by atoms with Crippen molar-refractivity contribution < 1.29 is 4.79 Å². The Hall–Kier alpha value is -1.35. The fourth-order valence-electron chi connectivity index (χ4n) is 5.21. The summed E-state index contributed by atoms with van der Waals surface area (Å²) in [6.45, 7) is 2.40. The summed E-state index contributed by atoms with van der Waals surface area (Å²) in [5.74, 6) is 0.186. The van der Waals surface area contributed by atoms with Gasteiger partial charge in [0, 0.05) is 23.6 Å². The van der Waals surface area contributed by atoms with E-state index in [4.69, 9.17) is 0 Å². The van der Waals surface area contributed by atoms with Crippen LogP contribution >= 0.6 is 0 Å². The summed E-state index contributed by atoms with van der Waals surface area (Å²) in [7, 11) is 0. The van der Waals surface area contributed by atoms with Gasteiger partial charge in [-0.25, -0.2) is 0 Å². The lowest BCUT2D eigenvalue weighted by atomic mass is 9.69. The summed E-state index contributed by atoms with van der Waals surface area (Å²) in [6, 6.07) is 9.32. The van der Waals surface area contributed by atoms with E-state index in [1.165, 1.54) is 70.0 Å². The molecule has 1 amide bonds. The summed E-state index contributed by atoms with van der Waals surface area (Å²) in [5, 5.41) is 3.12. The monoisotopic (exact) mass is 326 g/mol. The zero-order valence-corrected chi connectivity index (χ0v) is 14.7. The number of carbonyl (C=O) groups excluding carboxylic acids is 1. The molecule has 1 saturated heterocycles. The predicted molar refractivity (Wildman–Crippen MR) is 98.3 cm³/mol. The minimum Gasteiger partial charge on any atom is -0.326 e. The lowest BCUT2D eigenvalue weighted by Gasteiger charge is -2.45. The van der Waals surface area contributed by atoms with Crippen molar-refractivity contribution in [2.24, 2.45) is 0 Å². The van der Waals surface area contributed by atoms with Crippen LogP contribution in [0.4, 0.5) is 5.69 Å². The average Bonchev–Trinajstić information content (AvgIpc) is 2.96. The number of carbonyl (C=O) groups is 1. The van der Waals surface area contributed by atoms with Crippen LogP contribution in [0.5, 0.6) is 0 Å². The Morgan fingerprint density at radius 2 is 1.67 bits per heavy atom. The van der Waals surface area contributed by atoms with E-state index in [1.807, 2.05) is 6.07 Å². The van der Waals surface area contributed by atoms with E-state index in [0.717, 1.165) is 18.2 Å². The van der Waals surface area contributed by atoms with Crippen LogP contribution in [0.3, 0.4) is 0 Å². The van der Waals surface area contributed by atoms with Gasteiger partial charge in [-0.2, -0.15) is 0 Å². The van der Waals surface area contributed by atoms with Crippen molar-refractivity contribution in [3.05, 3.63) is 29.8 Å². The van der Waals surface area contributed by atoms with Crippen LogP contribution in [0, 0.1) is 0 Å². The second-order valence-electron chi connectivity index (χ2n) is 8.06. The molecule has 1 aliphatic carbocycles. The Morgan fingerprint density at radius 3 is 2.42 bits per heavy atom. The highest BCUT2D eigenvalue weighted by atomic mass is 16.1. The zero-order valence-electron chi connectivity index (χ0n) is 14.7. The second kappa shape index (κ2) is 6.87. The molecule has 1 N–H and O–H groups in total. The molecule has 1 saturated carbocycles. The number of amides is 1. The van der Waals surface area contributed by atoms with Crippen molar-refractivity contribution in [3.8, 4) is 0 Å². The van der Waals surface area contributed by atoms with Crippen LogP contribution < -0.4 is 5.32 Å². The number of benzene rings is 1. The molecule has 4 rings (SSSR count). The molecule has 2 fully saturated rings. The van der Waals surface area contributed by atoms with Crippen LogP contribution in [-0.4, -0.2) is 29.9 Å². The van der Waals surface area contributed by atoms with Crippen LogP contribution in [0.15, 0.2) is 24.3 Å². The summed E-state index contributed by atoms with van der Waals surface area (Å²) in [6.07, 6.45) is 12.5. The molecule has 0 aromatic heterocycles. The molecule has 1 aromatic rings. The lowest BCUT2D eigenvalue weighted by Crippen LogP contribution is -2.46. The van der Waals surface area contributed by atoms with Gasteiger partial charge in [0.05, 0.1) is 0 Å². The Kier molecular flexibility index (Phi) is 4.62. The van der Waals surface area contributed by atoms with Crippen molar-refractivity contribution in [2.45, 2.75) is 75.7 Å². The number of nitrogens with zero attached hydrogens (tertiary/aromatic N) is 1. The van der Waals surface area contributed by atoms with Crippen molar-refractivity contribution in [1.82, 2.24) is 4.90 Å². The summed E-state index contributed by atoms with van der Waals surface area (Å²) in [4.78, 5) is 14.9. The van der Waals surface area contributed by atoms with E-state index >= 15 is 0 Å². The standard InChI is InChI=1S/C21H30N2O/c24-20-11-12-21(18-9-5-6-10-19(18)22-20)13-15-23(16-14-21)17-7-3-1-2-4-8-17/h5-6,9-10,17H,1-4,7-8,11-16H2,(H,22,24). The normalized spacial score (nSPS) is 25.6. The molecular formula is C21H30N2O. The molecule has 130 valence electrons. The van der Waals surface area contributed by atoms with Gasteiger partial charge in [-0.1, -0.05) is 43.9 Å². The average molecular weight is 326 g/mol. The first kappa shape index (κ1) is 16.1. The number of anilines is 1. The van der Waals surface area contributed by atoms with E-state index < -0.39 is 0 Å². The van der Waals surface area contributed by atoms with Gasteiger partial charge in [0.2, 0.25) is 5.91 Å². The zero-order chi connectivity index (χ0) is 16.4. The van der Waals surface area contributed by atoms with Gasteiger partial charge in [0.1, 0.15) is 0 Å². The maximum atomic E-state index is 12.1. The number of nitrogens with one attached hydrogen (secondary N) is 1. The quantitative estimate of drug-likeness (QED) is 0.772.